The van der Waals surface area contributed by atoms with Gasteiger partial charge in [-0.2, -0.15) is 8.42 Å². The second kappa shape index (κ2) is 8.84. The first kappa shape index (κ1) is 24.2. The highest BCUT2D eigenvalue weighted by molar-refractivity contribution is 7.86. The van der Waals surface area contributed by atoms with Crippen LogP contribution in [0.3, 0.4) is 0 Å². The van der Waals surface area contributed by atoms with E-state index in [0.29, 0.717) is 52.2 Å². The molecule has 0 amide bonds. The van der Waals surface area contributed by atoms with Crippen molar-refractivity contribution < 1.29 is 26.9 Å². The number of rotatable bonds is 5. The summed E-state index contributed by atoms with van der Waals surface area (Å²) in [7, 11) is -4.83. The molecular weight excluding hydrogens is 535 g/mol. The van der Waals surface area contributed by atoms with Gasteiger partial charge in [0.1, 0.15) is 23.1 Å². The number of ketones is 1. The molecule has 39 heavy (non-hydrogen) atoms. The van der Waals surface area contributed by atoms with E-state index in [9.17, 15) is 22.2 Å². The monoisotopic (exact) mass is 556 g/mol. The van der Waals surface area contributed by atoms with Crippen molar-refractivity contribution in [3.05, 3.63) is 99.9 Å². The number of carbonyl (C=O) groups is 1. The third-order valence-electron chi connectivity index (χ3n) is 7.64. The summed E-state index contributed by atoms with van der Waals surface area (Å²) in [6.45, 7) is -1.08. The molecule has 0 saturated carbocycles. The van der Waals surface area contributed by atoms with Gasteiger partial charge in [-0.1, -0.05) is 30.3 Å². The van der Waals surface area contributed by atoms with E-state index in [4.69, 9.17) is 4.74 Å². The highest BCUT2D eigenvalue weighted by Gasteiger charge is 2.35. The summed E-state index contributed by atoms with van der Waals surface area (Å²) in [6.07, 6.45) is 1.08. The average molecular weight is 557 g/mol. The Morgan fingerprint density at radius 1 is 0.872 bits per heavy atom. The number of fused-ring (bicyclic) bond motifs is 5. The number of halogens is 1. The van der Waals surface area contributed by atoms with Crippen molar-refractivity contribution in [1.29, 1.82) is 0 Å². The van der Waals surface area contributed by atoms with Crippen molar-refractivity contribution in [2.45, 2.75) is 30.8 Å². The lowest BCUT2D eigenvalue weighted by molar-refractivity contribution is 0.0995. The number of ether oxygens (including phenoxy) is 1. The van der Waals surface area contributed by atoms with Gasteiger partial charge in [0.25, 0.3) is 10.1 Å². The fourth-order valence-corrected chi connectivity index (χ4v) is 7.77. The normalized spacial score (nSPS) is 13.9. The zero-order valence-electron chi connectivity index (χ0n) is 20.5. The smallest absolute Gasteiger partial charge is 0.295 e. The largest absolute Gasteiger partial charge is 0.456 e. The molecule has 8 heteroatoms. The molecule has 0 bridgehead atoms. The van der Waals surface area contributed by atoms with Crippen molar-refractivity contribution in [3.63, 3.8) is 0 Å². The molecule has 4 aromatic carbocycles. The van der Waals surface area contributed by atoms with Crippen molar-refractivity contribution in [2.75, 3.05) is 0 Å². The van der Waals surface area contributed by atoms with Gasteiger partial charge in [-0.25, -0.2) is 4.39 Å². The molecule has 7 rings (SSSR count). The predicted octanol–water partition coefficient (Wildman–Crippen LogP) is 7.78. The lowest BCUT2D eigenvalue weighted by Crippen LogP contribution is -2.10. The summed E-state index contributed by atoms with van der Waals surface area (Å²) >= 11 is 1.61. The minimum absolute atomic E-state index is 0.133. The van der Waals surface area contributed by atoms with Crippen LogP contribution in [0.4, 0.5) is 4.39 Å². The molecule has 2 aliphatic carbocycles. The number of hydrogen-bond donors (Lipinski definition) is 1. The summed E-state index contributed by atoms with van der Waals surface area (Å²) in [6, 6.07) is 20.3. The molecule has 0 saturated heterocycles. The zero-order valence-corrected chi connectivity index (χ0v) is 22.2. The Morgan fingerprint density at radius 3 is 2.54 bits per heavy atom. The van der Waals surface area contributed by atoms with Crippen molar-refractivity contribution in [1.82, 2.24) is 0 Å². The predicted molar refractivity (Wildman–Crippen MR) is 149 cm³/mol. The van der Waals surface area contributed by atoms with Gasteiger partial charge >= 0.3 is 0 Å². The van der Waals surface area contributed by atoms with E-state index in [1.54, 1.807) is 23.5 Å². The molecule has 5 nitrogen and oxygen atoms in total. The van der Waals surface area contributed by atoms with Crippen LogP contribution in [0, 0.1) is 0 Å². The maximum atomic E-state index is 14.4. The summed E-state index contributed by atoms with van der Waals surface area (Å²) < 4.78 is 57.6. The van der Waals surface area contributed by atoms with E-state index in [2.05, 4.69) is 0 Å². The average Bonchev–Trinajstić information content (AvgIpc) is 3.65. The fourth-order valence-electron chi connectivity index (χ4n) is 6.03. The molecule has 0 spiro atoms. The van der Waals surface area contributed by atoms with E-state index >= 15 is 0 Å². The van der Waals surface area contributed by atoms with Gasteiger partial charge in [-0.15, -0.1) is 11.3 Å². The van der Waals surface area contributed by atoms with Gasteiger partial charge in [0.05, 0.1) is 0 Å². The second-order valence-corrected chi connectivity index (χ2v) is 12.1. The second-order valence-electron chi connectivity index (χ2n) is 9.79. The maximum absolute atomic E-state index is 14.4. The molecule has 1 heterocycles. The number of alkyl halides is 1. The molecule has 1 aromatic heterocycles. The third-order valence-corrected chi connectivity index (χ3v) is 9.50. The van der Waals surface area contributed by atoms with Crippen LogP contribution in [0.15, 0.2) is 77.0 Å². The number of thiophene rings is 1. The van der Waals surface area contributed by atoms with Gasteiger partial charge in [-0.3, -0.25) is 9.35 Å². The maximum Gasteiger partial charge on any atom is 0.295 e. The van der Waals surface area contributed by atoms with E-state index in [1.165, 1.54) is 6.07 Å². The minimum atomic E-state index is -4.83. The highest BCUT2D eigenvalue weighted by Crippen LogP contribution is 2.49. The van der Waals surface area contributed by atoms with E-state index < -0.39 is 21.7 Å². The Balaban J connectivity index is 1.49. The van der Waals surface area contributed by atoms with E-state index in [0.717, 1.165) is 21.2 Å². The summed E-state index contributed by atoms with van der Waals surface area (Å²) in [5.41, 5.74) is 4.70. The summed E-state index contributed by atoms with van der Waals surface area (Å²) in [5, 5.41) is 2.95. The zero-order chi connectivity index (χ0) is 26.9. The van der Waals surface area contributed by atoms with Crippen LogP contribution in [-0.4, -0.2) is 18.8 Å². The summed E-state index contributed by atoms with van der Waals surface area (Å²) in [5.74, 6) is 1.04. The lowest BCUT2D eigenvalue weighted by Gasteiger charge is -2.20. The molecule has 0 aliphatic heterocycles. The Morgan fingerprint density at radius 2 is 1.72 bits per heavy atom. The highest BCUT2D eigenvalue weighted by atomic mass is 32.2. The molecule has 2 aliphatic rings. The van der Waals surface area contributed by atoms with Gasteiger partial charge < -0.3 is 4.74 Å². The minimum Gasteiger partial charge on any atom is -0.456 e. The quantitative estimate of drug-likeness (QED) is 0.219. The molecule has 0 atom stereocenters. The van der Waals surface area contributed by atoms with Crippen LogP contribution < -0.4 is 4.74 Å². The summed E-state index contributed by atoms with van der Waals surface area (Å²) in [4.78, 5) is 12.9. The SMILES string of the molecule is O=C1CCc2c(Oc3cccc4sccc34)ccc(-c3c4c(cc(CF)c3S(=O)(=O)O)-c3ccccc3C4)c21. The molecule has 0 fully saturated rings. The molecule has 0 unspecified atom stereocenters. The Labute approximate surface area is 228 Å². The first-order valence-corrected chi connectivity index (χ1v) is 14.8. The van der Waals surface area contributed by atoms with Crippen LogP contribution >= 0.6 is 11.3 Å². The van der Waals surface area contributed by atoms with Crippen molar-refractivity contribution >= 4 is 37.3 Å². The number of Topliss-reactive ketones (excluding diaryl/α,β-unsaturated/α-hetero) is 1. The fraction of sp³-hybridized carbons (Fsp3) is 0.129. The molecule has 0 radical (unpaired) electrons. The van der Waals surface area contributed by atoms with Crippen LogP contribution in [0.25, 0.3) is 32.3 Å². The molecule has 194 valence electrons. The van der Waals surface area contributed by atoms with Gasteiger partial charge in [-0.05, 0) is 82.4 Å². The lowest BCUT2D eigenvalue weighted by atomic mass is 9.89. The first-order chi connectivity index (χ1) is 18.8. The topological polar surface area (TPSA) is 80.7 Å². The Kier molecular flexibility index (Phi) is 5.49. The number of hydrogen-bond acceptors (Lipinski definition) is 5. The Hall–Kier alpha value is -3.85. The third kappa shape index (κ3) is 3.74. The molecular formula is C31H21FO5S2. The first-order valence-electron chi connectivity index (χ1n) is 12.5. The van der Waals surface area contributed by atoms with Crippen LogP contribution in [0.1, 0.15) is 39.0 Å². The standard InChI is InChI=1S/C31H21FO5S2/c32-16-18-15-23-19-5-2-1-4-17(19)14-24(23)30(31(18)39(34,35)36)22-9-11-27(21-8-10-25(33)29(21)22)37-26-6-3-7-28-20(26)12-13-38-28/h1-7,9,11-13,15H,8,10,14,16H2,(H,34,35,36). The molecule has 5 aromatic rings. The van der Waals surface area contributed by atoms with Gasteiger partial charge in [0.15, 0.2) is 5.78 Å². The number of benzene rings is 4. The van der Waals surface area contributed by atoms with E-state index in [1.807, 2.05) is 53.9 Å². The Bertz CT molecular complexity index is 1960. The van der Waals surface area contributed by atoms with Crippen LogP contribution in [0.2, 0.25) is 0 Å². The molecule has 1 N–H and O–H groups in total. The van der Waals surface area contributed by atoms with Crippen LogP contribution in [-0.2, 0) is 29.6 Å². The number of carbonyl (C=O) groups excluding carboxylic acids is 1. The van der Waals surface area contributed by atoms with E-state index in [-0.39, 0.29) is 23.3 Å². The van der Waals surface area contributed by atoms with Crippen molar-refractivity contribution in [3.8, 4) is 33.8 Å². The van der Waals surface area contributed by atoms with Crippen molar-refractivity contribution in [2.24, 2.45) is 0 Å². The van der Waals surface area contributed by atoms with Crippen LogP contribution in [0.5, 0.6) is 11.5 Å². The van der Waals surface area contributed by atoms with Gasteiger partial charge in [0.2, 0.25) is 0 Å². The van der Waals surface area contributed by atoms with Gasteiger partial charge in [0, 0.05) is 38.8 Å².